The molecule has 0 aliphatic heterocycles. The smallest absolute Gasteiger partial charge is 0.119 e. The van der Waals surface area contributed by atoms with E-state index in [1.165, 1.54) is 0 Å². The summed E-state index contributed by atoms with van der Waals surface area (Å²) in [6.45, 7) is 2.58. The van der Waals surface area contributed by atoms with E-state index in [9.17, 15) is 5.11 Å². The summed E-state index contributed by atoms with van der Waals surface area (Å²) in [6, 6.07) is 14.7. The minimum absolute atomic E-state index is 0.636. The van der Waals surface area contributed by atoms with Gasteiger partial charge in [-0.25, -0.2) is 0 Å². The zero-order valence-electron chi connectivity index (χ0n) is 10.3. The molecule has 0 aromatic heterocycles. The fraction of sp³-hybridized carbons (Fsp3) is 0.200. The van der Waals surface area contributed by atoms with Gasteiger partial charge in [-0.15, -0.1) is 0 Å². The molecule has 0 fully saturated rings. The Kier molecular flexibility index (Phi) is 3.85. The van der Waals surface area contributed by atoms with Crippen LogP contribution in [0.2, 0.25) is 0 Å². The maximum atomic E-state index is 10.2. The molecule has 3 N–H and O–H groups in total. The SMILES string of the molecule is CCOc1ccc([C@@H](O)c2cccc(N)c2)cc1. The highest BCUT2D eigenvalue weighted by atomic mass is 16.5. The van der Waals surface area contributed by atoms with Crippen molar-refractivity contribution in [2.75, 3.05) is 12.3 Å². The van der Waals surface area contributed by atoms with Crippen molar-refractivity contribution in [3.05, 3.63) is 59.7 Å². The van der Waals surface area contributed by atoms with Gasteiger partial charge >= 0.3 is 0 Å². The fourth-order valence-electron chi connectivity index (χ4n) is 1.83. The quantitative estimate of drug-likeness (QED) is 0.812. The summed E-state index contributed by atoms with van der Waals surface area (Å²) < 4.78 is 5.36. The molecule has 1 atom stereocenters. The molecule has 18 heavy (non-hydrogen) atoms. The molecule has 0 radical (unpaired) electrons. The first-order valence-electron chi connectivity index (χ1n) is 5.97. The van der Waals surface area contributed by atoms with Gasteiger partial charge in [-0.1, -0.05) is 24.3 Å². The van der Waals surface area contributed by atoms with Crippen LogP contribution in [-0.2, 0) is 0 Å². The summed E-state index contributed by atoms with van der Waals surface area (Å²) in [6.07, 6.45) is -0.663. The first-order valence-corrected chi connectivity index (χ1v) is 5.97. The van der Waals surface area contributed by atoms with E-state index in [4.69, 9.17) is 10.5 Å². The molecule has 3 nitrogen and oxygen atoms in total. The molecule has 0 aliphatic rings. The highest BCUT2D eigenvalue weighted by Gasteiger charge is 2.10. The molecule has 2 aromatic carbocycles. The van der Waals surface area contributed by atoms with Crippen LogP contribution in [0, 0.1) is 0 Å². The first kappa shape index (κ1) is 12.5. The summed E-state index contributed by atoms with van der Waals surface area (Å²) >= 11 is 0. The number of hydrogen-bond acceptors (Lipinski definition) is 3. The second-order valence-corrected chi connectivity index (χ2v) is 4.07. The number of nitrogens with two attached hydrogens (primary N) is 1. The monoisotopic (exact) mass is 243 g/mol. The second kappa shape index (κ2) is 5.56. The van der Waals surface area contributed by atoms with Crippen LogP contribution in [0.25, 0.3) is 0 Å². The van der Waals surface area contributed by atoms with Crippen molar-refractivity contribution < 1.29 is 9.84 Å². The molecule has 0 amide bonds. The van der Waals surface area contributed by atoms with E-state index < -0.39 is 6.10 Å². The lowest BCUT2D eigenvalue weighted by Gasteiger charge is -2.12. The van der Waals surface area contributed by atoms with Crippen molar-refractivity contribution in [3.63, 3.8) is 0 Å². The van der Waals surface area contributed by atoms with Crippen LogP contribution < -0.4 is 10.5 Å². The average Bonchev–Trinajstić information content (AvgIpc) is 2.39. The third-order valence-electron chi connectivity index (χ3n) is 2.73. The summed E-state index contributed by atoms with van der Waals surface area (Å²) in [4.78, 5) is 0. The largest absolute Gasteiger partial charge is 0.494 e. The van der Waals surface area contributed by atoms with Crippen LogP contribution in [0.15, 0.2) is 48.5 Å². The van der Waals surface area contributed by atoms with Crippen molar-refractivity contribution in [2.24, 2.45) is 0 Å². The van der Waals surface area contributed by atoms with Gasteiger partial charge in [-0.05, 0) is 42.3 Å². The van der Waals surface area contributed by atoms with Gasteiger partial charge in [0.25, 0.3) is 0 Å². The van der Waals surface area contributed by atoms with Crippen LogP contribution in [0.5, 0.6) is 5.75 Å². The summed E-state index contributed by atoms with van der Waals surface area (Å²) in [7, 11) is 0. The standard InChI is InChI=1S/C15H17NO2/c1-2-18-14-8-6-11(7-9-14)15(17)12-4-3-5-13(16)10-12/h3-10,15,17H,2,16H2,1H3/t15-/m1/s1. The summed E-state index contributed by atoms with van der Waals surface area (Å²) in [5.74, 6) is 0.807. The third kappa shape index (κ3) is 2.81. The number of benzene rings is 2. The predicted octanol–water partition coefficient (Wildman–Crippen LogP) is 2.75. The minimum Gasteiger partial charge on any atom is -0.494 e. The molecule has 0 aliphatic carbocycles. The van der Waals surface area contributed by atoms with Gasteiger partial charge in [0.15, 0.2) is 0 Å². The highest BCUT2D eigenvalue weighted by Crippen LogP contribution is 2.25. The first-order chi connectivity index (χ1) is 8.70. The van der Waals surface area contributed by atoms with E-state index in [1.54, 1.807) is 12.1 Å². The molecular formula is C15H17NO2. The molecule has 3 heteroatoms. The Morgan fingerprint density at radius 2 is 1.83 bits per heavy atom. The number of hydrogen-bond donors (Lipinski definition) is 2. The number of rotatable bonds is 4. The van der Waals surface area contributed by atoms with E-state index in [0.29, 0.717) is 12.3 Å². The maximum Gasteiger partial charge on any atom is 0.119 e. The van der Waals surface area contributed by atoms with Crippen molar-refractivity contribution in [2.45, 2.75) is 13.0 Å². The molecular weight excluding hydrogens is 226 g/mol. The molecule has 0 saturated carbocycles. The van der Waals surface area contributed by atoms with Crippen LogP contribution in [0.4, 0.5) is 5.69 Å². The van der Waals surface area contributed by atoms with Crippen molar-refractivity contribution >= 4 is 5.69 Å². The van der Waals surface area contributed by atoms with E-state index in [0.717, 1.165) is 16.9 Å². The van der Waals surface area contributed by atoms with Gasteiger partial charge < -0.3 is 15.6 Å². The van der Waals surface area contributed by atoms with Crippen molar-refractivity contribution in [3.8, 4) is 5.75 Å². The Labute approximate surface area is 107 Å². The summed E-state index contributed by atoms with van der Waals surface area (Å²) in [5.41, 5.74) is 7.97. The molecule has 0 unspecified atom stereocenters. The second-order valence-electron chi connectivity index (χ2n) is 4.07. The van der Waals surface area contributed by atoms with Gasteiger partial charge in [0.2, 0.25) is 0 Å². The van der Waals surface area contributed by atoms with E-state index in [2.05, 4.69) is 0 Å². The fourth-order valence-corrected chi connectivity index (χ4v) is 1.83. The molecule has 94 valence electrons. The number of anilines is 1. The van der Waals surface area contributed by atoms with Gasteiger partial charge in [-0.2, -0.15) is 0 Å². The maximum absolute atomic E-state index is 10.2. The average molecular weight is 243 g/mol. The Bertz CT molecular complexity index is 508. The molecule has 0 spiro atoms. The van der Waals surface area contributed by atoms with Gasteiger partial charge in [0.1, 0.15) is 11.9 Å². The van der Waals surface area contributed by atoms with E-state index in [-0.39, 0.29) is 0 Å². The number of aliphatic hydroxyl groups excluding tert-OH is 1. The normalized spacial score (nSPS) is 12.1. The van der Waals surface area contributed by atoms with E-state index >= 15 is 0 Å². The number of aliphatic hydroxyl groups is 1. The lowest BCUT2D eigenvalue weighted by Crippen LogP contribution is -2.00. The zero-order valence-corrected chi connectivity index (χ0v) is 10.3. The third-order valence-corrected chi connectivity index (χ3v) is 2.73. The van der Waals surface area contributed by atoms with Crippen LogP contribution in [-0.4, -0.2) is 11.7 Å². The molecule has 0 saturated heterocycles. The highest BCUT2D eigenvalue weighted by molar-refractivity contribution is 5.44. The van der Waals surface area contributed by atoms with Crippen molar-refractivity contribution in [1.29, 1.82) is 0 Å². The Morgan fingerprint density at radius 1 is 1.11 bits per heavy atom. The number of ether oxygens (including phenoxy) is 1. The van der Waals surface area contributed by atoms with Crippen LogP contribution >= 0.6 is 0 Å². The molecule has 0 heterocycles. The van der Waals surface area contributed by atoms with Crippen LogP contribution in [0.1, 0.15) is 24.2 Å². The molecule has 0 bridgehead atoms. The topological polar surface area (TPSA) is 55.5 Å². The lowest BCUT2D eigenvalue weighted by molar-refractivity contribution is 0.220. The van der Waals surface area contributed by atoms with Crippen molar-refractivity contribution in [1.82, 2.24) is 0 Å². The van der Waals surface area contributed by atoms with E-state index in [1.807, 2.05) is 43.3 Å². The summed E-state index contributed by atoms with van der Waals surface area (Å²) in [5, 5.41) is 10.2. The minimum atomic E-state index is -0.663. The Balaban J connectivity index is 2.20. The molecule has 2 aromatic rings. The van der Waals surface area contributed by atoms with Gasteiger partial charge in [0.05, 0.1) is 6.61 Å². The van der Waals surface area contributed by atoms with Crippen LogP contribution in [0.3, 0.4) is 0 Å². The van der Waals surface area contributed by atoms with Gasteiger partial charge in [-0.3, -0.25) is 0 Å². The molecule has 2 rings (SSSR count). The Hall–Kier alpha value is -2.00. The lowest BCUT2D eigenvalue weighted by atomic mass is 10.0. The predicted molar refractivity (Wildman–Crippen MR) is 72.5 cm³/mol. The van der Waals surface area contributed by atoms with Gasteiger partial charge in [0, 0.05) is 5.69 Å². The zero-order chi connectivity index (χ0) is 13.0. The number of nitrogen functional groups attached to an aromatic ring is 1. The Morgan fingerprint density at radius 3 is 2.44 bits per heavy atom.